The summed E-state index contributed by atoms with van der Waals surface area (Å²) in [6.45, 7) is 0.931. The molecule has 1 aromatic carbocycles. The molecule has 0 bridgehead atoms. The van der Waals surface area contributed by atoms with Crippen molar-refractivity contribution in [3.8, 4) is 11.8 Å². The molecule has 66 valence electrons. The van der Waals surface area contributed by atoms with Gasteiger partial charge in [-0.25, -0.2) is 0 Å². The Morgan fingerprint density at radius 2 is 2.38 bits per heavy atom. The van der Waals surface area contributed by atoms with Crippen molar-refractivity contribution in [1.82, 2.24) is 0 Å². The SMILES string of the molecule is COc1cc(C#N)cc2c1CCN2. The lowest BCUT2D eigenvalue weighted by Gasteiger charge is -2.06. The smallest absolute Gasteiger partial charge is 0.125 e. The number of anilines is 1. The maximum Gasteiger partial charge on any atom is 0.125 e. The first-order valence-electron chi connectivity index (χ1n) is 4.20. The highest BCUT2D eigenvalue weighted by Crippen LogP contribution is 2.32. The van der Waals surface area contributed by atoms with E-state index in [2.05, 4.69) is 11.4 Å². The maximum absolute atomic E-state index is 8.76. The molecule has 0 amide bonds. The van der Waals surface area contributed by atoms with Crippen LogP contribution in [-0.2, 0) is 6.42 Å². The summed E-state index contributed by atoms with van der Waals surface area (Å²) in [5, 5.41) is 12.0. The molecule has 3 heteroatoms. The van der Waals surface area contributed by atoms with Gasteiger partial charge in [0.1, 0.15) is 5.75 Å². The molecule has 2 rings (SSSR count). The van der Waals surface area contributed by atoms with E-state index in [1.807, 2.05) is 6.07 Å². The van der Waals surface area contributed by atoms with Crippen LogP contribution in [0.15, 0.2) is 12.1 Å². The highest BCUT2D eigenvalue weighted by Gasteiger charge is 2.15. The summed E-state index contributed by atoms with van der Waals surface area (Å²) in [7, 11) is 1.63. The lowest BCUT2D eigenvalue weighted by Crippen LogP contribution is -1.91. The molecule has 13 heavy (non-hydrogen) atoms. The summed E-state index contributed by atoms with van der Waals surface area (Å²) >= 11 is 0. The number of rotatable bonds is 1. The monoisotopic (exact) mass is 174 g/mol. The standard InChI is InChI=1S/C10H10N2O/c1-13-10-5-7(6-11)4-9-8(10)2-3-12-9/h4-5,12H,2-3H2,1H3. The van der Waals surface area contributed by atoms with Crippen molar-refractivity contribution in [2.24, 2.45) is 0 Å². The fourth-order valence-corrected chi connectivity index (χ4v) is 1.63. The fraction of sp³-hybridized carbons (Fsp3) is 0.300. The quantitative estimate of drug-likeness (QED) is 0.702. The fourth-order valence-electron chi connectivity index (χ4n) is 1.63. The third-order valence-corrected chi connectivity index (χ3v) is 2.25. The summed E-state index contributed by atoms with van der Waals surface area (Å²) in [4.78, 5) is 0. The van der Waals surface area contributed by atoms with Crippen LogP contribution in [0.2, 0.25) is 0 Å². The number of nitrogens with one attached hydrogen (secondary N) is 1. The van der Waals surface area contributed by atoms with Gasteiger partial charge in [-0.2, -0.15) is 5.26 Å². The van der Waals surface area contributed by atoms with Crippen LogP contribution < -0.4 is 10.1 Å². The van der Waals surface area contributed by atoms with Gasteiger partial charge in [0.15, 0.2) is 0 Å². The highest BCUT2D eigenvalue weighted by molar-refractivity contribution is 5.64. The lowest BCUT2D eigenvalue weighted by atomic mass is 10.1. The van der Waals surface area contributed by atoms with E-state index in [4.69, 9.17) is 10.00 Å². The normalized spacial score (nSPS) is 12.9. The molecular weight excluding hydrogens is 164 g/mol. The molecule has 0 unspecified atom stereocenters. The van der Waals surface area contributed by atoms with Gasteiger partial charge in [-0.15, -0.1) is 0 Å². The maximum atomic E-state index is 8.76. The molecule has 0 fully saturated rings. The van der Waals surface area contributed by atoms with Gasteiger partial charge in [0.05, 0.1) is 18.7 Å². The molecule has 1 aromatic rings. The molecule has 1 aliphatic rings. The van der Waals surface area contributed by atoms with Crippen LogP contribution >= 0.6 is 0 Å². The molecule has 0 saturated heterocycles. The highest BCUT2D eigenvalue weighted by atomic mass is 16.5. The van der Waals surface area contributed by atoms with Crippen LogP contribution in [0.1, 0.15) is 11.1 Å². The predicted molar refractivity (Wildman–Crippen MR) is 49.9 cm³/mol. The largest absolute Gasteiger partial charge is 0.496 e. The molecule has 0 spiro atoms. The Morgan fingerprint density at radius 3 is 3.08 bits per heavy atom. The van der Waals surface area contributed by atoms with Crippen LogP contribution in [0.5, 0.6) is 5.75 Å². The molecule has 1 N–H and O–H groups in total. The second-order valence-corrected chi connectivity index (χ2v) is 2.99. The van der Waals surface area contributed by atoms with Crippen LogP contribution in [0.4, 0.5) is 5.69 Å². The Kier molecular flexibility index (Phi) is 1.82. The molecule has 0 saturated carbocycles. The number of methoxy groups -OCH3 is 1. The summed E-state index contributed by atoms with van der Waals surface area (Å²) in [5.41, 5.74) is 2.86. The zero-order chi connectivity index (χ0) is 9.26. The van der Waals surface area contributed by atoms with Gasteiger partial charge in [0.2, 0.25) is 0 Å². The minimum Gasteiger partial charge on any atom is -0.496 e. The van der Waals surface area contributed by atoms with Gasteiger partial charge in [0, 0.05) is 17.8 Å². The Labute approximate surface area is 76.9 Å². The lowest BCUT2D eigenvalue weighted by molar-refractivity contribution is 0.411. The van der Waals surface area contributed by atoms with Crippen LogP contribution in [0, 0.1) is 11.3 Å². The van der Waals surface area contributed by atoms with Crippen LogP contribution in [0.25, 0.3) is 0 Å². The summed E-state index contributed by atoms with van der Waals surface area (Å²) in [6.07, 6.45) is 0.976. The molecule has 1 heterocycles. The Morgan fingerprint density at radius 1 is 1.54 bits per heavy atom. The first kappa shape index (κ1) is 7.93. The molecule has 0 radical (unpaired) electrons. The Balaban J connectivity index is 2.57. The Hall–Kier alpha value is -1.69. The van der Waals surface area contributed by atoms with Crippen molar-refractivity contribution in [3.63, 3.8) is 0 Å². The molecule has 0 aliphatic carbocycles. The van der Waals surface area contributed by atoms with Crippen LogP contribution in [0.3, 0.4) is 0 Å². The van der Waals surface area contributed by atoms with Gasteiger partial charge in [-0.3, -0.25) is 0 Å². The van der Waals surface area contributed by atoms with Gasteiger partial charge < -0.3 is 10.1 Å². The molecule has 0 atom stereocenters. The van der Waals surface area contributed by atoms with E-state index in [9.17, 15) is 0 Å². The molecule has 3 nitrogen and oxygen atoms in total. The molecule has 1 aliphatic heterocycles. The van der Waals surface area contributed by atoms with Crippen molar-refractivity contribution in [2.75, 3.05) is 19.0 Å². The zero-order valence-corrected chi connectivity index (χ0v) is 7.42. The second-order valence-electron chi connectivity index (χ2n) is 2.99. The van der Waals surface area contributed by atoms with Gasteiger partial charge >= 0.3 is 0 Å². The molecular formula is C10H10N2O. The predicted octanol–water partition coefficient (Wildman–Crippen LogP) is 1.53. The number of benzene rings is 1. The number of ether oxygens (including phenoxy) is 1. The topological polar surface area (TPSA) is 45.0 Å². The van der Waals surface area contributed by atoms with E-state index in [1.54, 1.807) is 13.2 Å². The minimum absolute atomic E-state index is 0.644. The van der Waals surface area contributed by atoms with Crippen molar-refractivity contribution in [3.05, 3.63) is 23.3 Å². The van der Waals surface area contributed by atoms with Gasteiger partial charge in [0.25, 0.3) is 0 Å². The van der Waals surface area contributed by atoms with Crippen molar-refractivity contribution in [1.29, 1.82) is 5.26 Å². The molecule has 0 aromatic heterocycles. The average Bonchev–Trinajstić information content (AvgIpc) is 2.63. The van der Waals surface area contributed by atoms with Crippen molar-refractivity contribution in [2.45, 2.75) is 6.42 Å². The van der Waals surface area contributed by atoms with Crippen molar-refractivity contribution < 1.29 is 4.74 Å². The van der Waals surface area contributed by atoms with Gasteiger partial charge in [-0.1, -0.05) is 0 Å². The van der Waals surface area contributed by atoms with E-state index in [1.165, 1.54) is 5.56 Å². The van der Waals surface area contributed by atoms with E-state index in [0.29, 0.717) is 5.56 Å². The van der Waals surface area contributed by atoms with Crippen LogP contribution in [-0.4, -0.2) is 13.7 Å². The van der Waals surface area contributed by atoms with E-state index < -0.39 is 0 Å². The first-order chi connectivity index (χ1) is 6.35. The van der Waals surface area contributed by atoms with Gasteiger partial charge in [-0.05, 0) is 18.6 Å². The zero-order valence-electron chi connectivity index (χ0n) is 7.42. The summed E-state index contributed by atoms with van der Waals surface area (Å²) in [5.74, 6) is 0.819. The van der Waals surface area contributed by atoms with E-state index in [-0.39, 0.29) is 0 Å². The number of hydrogen-bond acceptors (Lipinski definition) is 3. The number of hydrogen-bond donors (Lipinski definition) is 1. The summed E-state index contributed by atoms with van der Waals surface area (Å²) in [6, 6.07) is 5.76. The first-order valence-corrected chi connectivity index (χ1v) is 4.20. The number of nitriles is 1. The second kappa shape index (κ2) is 2.98. The Bertz CT molecular complexity index is 379. The van der Waals surface area contributed by atoms with Crippen molar-refractivity contribution >= 4 is 5.69 Å². The third-order valence-electron chi connectivity index (χ3n) is 2.25. The summed E-state index contributed by atoms with van der Waals surface area (Å²) < 4.78 is 5.21. The van der Waals surface area contributed by atoms with E-state index in [0.717, 1.165) is 24.4 Å². The minimum atomic E-state index is 0.644. The van der Waals surface area contributed by atoms with E-state index >= 15 is 0 Å². The third kappa shape index (κ3) is 1.20. The number of nitrogens with zero attached hydrogens (tertiary/aromatic N) is 1. The average molecular weight is 174 g/mol. The number of fused-ring (bicyclic) bond motifs is 1.